The van der Waals surface area contributed by atoms with Gasteiger partial charge in [0.05, 0.1) is 5.54 Å². The van der Waals surface area contributed by atoms with Gasteiger partial charge in [-0.3, -0.25) is 4.79 Å². The lowest BCUT2D eigenvalue weighted by molar-refractivity contribution is -0.142. The maximum atomic E-state index is 11.8. The second-order valence-electron chi connectivity index (χ2n) is 4.60. The van der Waals surface area contributed by atoms with Gasteiger partial charge in [0.1, 0.15) is 0 Å². The molecule has 82 valence electrons. The van der Waals surface area contributed by atoms with Crippen LogP contribution in [0.4, 0.5) is 0 Å². The van der Waals surface area contributed by atoms with Crippen LogP contribution in [0.1, 0.15) is 40.0 Å². The summed E-state index contributed by atoms with van der Waals surface area (Å²) in [5, 5.41) is 0. The van der Waals surface area contributed by atoms with Crippen molar-refractivity contribution < 1.29 is 4.79 Å². The average Bonchev–Trinajstić information content (AvgIpc) is 2.12. The number of amides is 1. The fraction of sp³-hybridized carbons (Fsp3) is 0.909. The zero-order chi connectivity index (χ0) is 10.8. The van der Waals surface area contributed by atoms with Gasteiger partial charge in [0.2, 0.25) is 5.91 Å². The summed E-state index contributed by atoms with van der Waals surface area (Å²) in [5.41, 5.74) is 5.91. The summed E-state index contributed by atoms with van der Waals surface area (Å²) in [6.45, 7) is 7.69. The van der Waals surface area contributed by atoms with E-state index in [1.165, 1.54) is 0 Å². The third-order valence-electron chi connectivity index (χ3n) is 3.17. The molecule has 14 heavy (non-hydrogen) atoms. The van der Waals surface area contributed by atoms with Crippen molar-refractivity contribution in [3.8, 4) is 0 Å². The van der Waals surface area contributed by atoms with Gasteiger partial charge in [-0.1, -0.05) is 27.2 Å². The van der Waals surface area contributed by atoms with Gasteiger partial charge in [0.25, 0.3) is 0 Å². The SMILES string of the molecule is CCCC(C)C(=O)N1CC(N)(CC)C1. The molecule has 1 amide bonds. The van der Waals surface area contributed by atoms with E-state index in [0.717, 1.165) is 32.4 Å². The van der Waals surface area contributed by atoms with E-state index in [-0.39, 0.29) is 17.4 Å². The number of nitrogens with two attached hydrogens (primary N) is 1. The molecule has 0 bridgehead atoms. The van der Waals surface area contributed by atoms with E-state index in [9.17, 15) is 4.79 Å². The summed E-state index contributed by atoms with van der Waals surface area (Å²) in [6, 6.07) is 0. The molecule has 1 unspecified atom stereocenters. The van der Waals surface area contributed by atoms with Gasteiger partial charge in [0.15, 0.2) is 0 Å². The Morgan fingerprint density at radius 2 is 2.07 bits per heavy atom. The zero-order valence-corrected chi connectivity index (χ0v) is 9.55. The van der Waals surface area contributed by atoms with Crippen molar-refractivity contribution in [2.24, 2.45) is 11.7 Å². The summed E-state index contributed by atoms with van der Waals surface area (Å²) < 4.78 is 0. The lowest BCUT2D eigenvalue weighted by atomic mass is 9.87. The molecule has 3 nitrogen and oxygen atoms in total. The van der Waals surface area contributed by atoms with Gasteiger partial charge >= 0.3 is 0 Å². The highest BCUT2D eigenvalue weighted by atomic mass is 16.2. The van der Waals surface area contributed by atoms with Crippen LogP contribution in [0.15, 0.2) is 0 Å². The fourth-order valence-electron chi connectivity index (χ4n) is 1.96. The van der Waals surface area contributed by atoms with E-state index in [0.29, 0.717) is 0 Å². The normalized spacial score (nSPS) is 21.6. The Morgan fingerprint density at radius 3 is 2.50 bits per heavy atom. The first kappa shape index (κ1) is 11.5. The van der Waals surface area contributed by atoms with Crippen molar-refractivity contribution in [3.05, 3.63) is 0 Å². The third kappa shape index (κ3) is 2.27. The smallest absolute Gasteiger partial charge is 0.225 e. The van der Waals surface area contributed by atoms with Crippen LogP contribution >= 0.6 is 0 Å². The molecule has 0 aromatic rings. The maximum Gasteiger partial charge on any atom is 0.225 e. The molecule has 0 aromatic carbocycles. The zero-order valence-electron chi connectivity index (χ0n) is 9.55. The highest BCUT2D eigenvalue weighted by Crippen LogP contribution is 2.24. The Kier molecular flexibility index (Phi) is 3.53. The summed E-state index contributed by atoms with van der Waals surface area (Å²) in [7, 11) is 0. The first-order chi connectivity index (χ1) is 6.52. The molecule has 0 saturated carbocycles. The number of hydrogen-bond donors (Lipinski definition) is 1. The minimum Gasteiger partial charge on any atom is -0.339 e. The van der Waals surface area contributed by atoms with Crippen LogP contribution in [0.5, 0.6) is 0 Å². The van der Waals surface area contributed by atoms with Crippen molar-refractivity contribution in [2.45, 2.75) is 45.6 Å². The molecule has 1 heterocycles. The summed E-state index contributed by atoms with van der Waals surface area (Å²) in [5.74, 6) is 0.447. The van der Waals surface area contributed by atoms with Gasteiger partial charge in [-0.05, 0) is 12.8 Å². The predicted molar refractivity (Wildman–Crippen MR) is 57.9 cm³/mol. The number of likely N-dealkylation sites (tertiary alicyclic amines) is 1. The Labute approximate surface area is 86.6 Å². The summed E-state index contributed by atoms with van der Waals surface area (Å²) >= 11 is 0. The number of nitrogens with zero attached hydrogens (tertiary/aromatic N) is 1. The number of hydrogen-bond acceptors (Lipinski definition) is 2. The lowest BCUT2D eigenvalue weighted by Gasteiger charge is -2.48. The fourth-order valence-corrected chi connectivity index (χ4v) is 1.96. The number of carbonyl (C=O) groups excluding carboxylic acids is 1. The second kappa shape index (κ2) is 4.30. The van der Waals surface area contributed by atoms with E-state index in [1.54, 1.807) is 0 Å². The van der Waals surface area contributed by atoms with Gasteiger partial charge < -0.3 is 10.6 Å². The Hall–Kier alpha value is -0.570. The molecular weight excluding hydrogens is 176 g/mol. The molecule has 1 aliphatic rings. The largest absolute Gasteiger partial charge is 0.339 e. The van der Waals surface area contributed by atoms with Crippen LogP contribution in [0.3, 0.4) is 0 Å². The van der Waals surface area contributed by atoms with Gasteiger partial charge in [0, 0.05) is 19.0 Å². The van der Waals surface area contributed by atoms with Crippen LogP contribution in [0, 0.1) is 5.92 Å². The molecule has 2 N–H and O–H groups in total. The molecule has 1 fully saturated rings. The number of rotatable bonds is 4. The molecule has 3 heteroatoms. The first-order valence-corrected chi connectivity index (χ1v) is 5.60. The molecule has 0 spiro atoms. The van der Waals surface area contributed by atoms with E-state index < -0.39 is 0 Å². The maximum absolute atomic E-state index is 11.8. The predicted octanol–water partition coefficient (Wildman–Crippen LogP) is 1.37. The quantitative estimate of drug-likeness (QED) is 0.741. The molecule has 1 rings (SSSR count). The first-order valence-electron chi connectivity index (χ1n) is 5.60. The van der Waals surface area contributed by atoms with Gasteiger partial charge in [-0.2, -0.15) is 0 Å². The molecule has 0 aliphatic carbocycles. The van der Waals surface area contributed by atoms with Gasteiger partial charge in [-0.25, -0.2) is 0 Å². The Morgan fingerprint density at radius 1 is 1.50 bits per heavy atom. The minimum atomic E-state index is -0.0956. The lowest BCUT2D eigenvalue weighted by Crippen LogP contribution is -2.68. The van der Waals surface area contributed by atoms with Crippen molar-refractivity contribution in [1.82, 2.24) is 4.90 Å². The van der Waals surface area contributed by atoms with Crippen molar-refractivity contribution >= 4 is 5.91 Å². The molecule has 1 atom stereocenters. The second-order valence-corrected chi connectivity index (χ2v) is 4.60. The molecule has 1 aliphatic heterocycles. The minimum absolute atomic E-state index is 0.0956. The highest BCUT2D eigenvalue weighted by Gasteiger charge is 2.41. The van der Waals surface area contributed by atoms with E-state index in [1.807, 2.05) is 11.8 Å². The summed E-state index contributed by atoms with van der Waals surface area (Å²) in [6.07, 6.45) is 3.01. The van der Waals surface area contributed by atoms with Crippen LogP contribution in [0.25, 0.3) is 0 Å². The molecule has 0 aromatic heterocycles. The third-order valence-corrected chi connectivity index (χ3v) is 3.17. The molecule has 0 radical (unpaired) electrons. The standard InChI is InChI=1S/C11H22N2O/c1-4-6-9(3)10(14)13-7-11(12,5-2)8-13/h9H,4-8,12H2,1-3H3. The van der Waals surface area contributed by atoms with Crippen molar-refractivity contribution in [2.75, 3.05) is 13.1 Å². The Balaban J connectivity index is 2.36. The van der Waals surface area contributed by atoms with Crippen LogP contribution < -0.4 is 5.73 Å². The van der Waals surface area contributed by atoms with Gasteiger partial charge in [-0.15, -0.1) is 0 Å². The monoisotopic (exact) mass is 198 g/mol. The number of carbonyl (C=O) groups is 1. The average molecular weight is 198 g/mol. The topological polar surface area (TPSA) is 46.3 Å². The van der Waals surface area contributed by atoms with E-state index in [2.05, 4.69) is 13.8 Å². The van der Waals surface area contributed by atoms with E-state index >= 15 is 0 Å². The van der Waals surface area contributed by atoms with E-state index in [4.69, 9.17) is 5.73 Å². The highest BCUT2D eigenvalue weighted by molar-refractivity contribution is 5.79. The van der Waals surface area contributed by atoms with Crippen molar-refractivity contribution in [1.29, 1.82) is 0 Å². The molecule has 1 saturated heterocycles. The van der Waals surface area contributed by atoms with Crippen LogP contribution in [-0.2, 0) is 4.79 Å². The van der Waals surface area contributed by atoms with Crippen LogP contribution in [-0.4, -0.2) is 29.4 Å². The van der Waals surface area contributed by atoms with Crippen molar-refractivity contribution in [3.63, 3.8) is 0 Å². The Bertz CT molecular complexity index is 209. The molecular formula is C11H22N2O. The van der Waals surface area contributed by atoms with Crippen LogP contribution in [0.2, 0.25) is 0 Å². The summed E-state index contributed by atoms with van der Waals surface area (Å²) in [4.78, 5) is 13.7.